The summed E-state index contributed by atoms with van der Waals surface area (Å²) in [6.45, 7) is 2.01. The lowest BCUT2D eigenvalue weighted by atomic mass is 10.2. The largest absolute Gasteiger partial charge is 0.493 e. The molecule has 1 aliphatic carbocycles. The molecule has 1 unspecified atom stereocenters. The molecule has 0 aliphatic heterocycles. The Morgan fingerprint density at radius 2 is 2.09 bits per heavy atom. The summed E-state index contributed by atoms with van der Waals surface area (Å²) in [5, 5.41) is 9.15. The summed E-state index contributed by atoms with van der Waals surface area (Å²) in [7, 11) is 0. The van der Waals surface area contributed by atoms with Gasteiger partial charge in [0, 0.05) is 24.2 Å². The highest BCUT2D eigenvalue weighted by atomic mass is 19.3. The minimum Gasteiger partial charge on any atom is -0.493 e. The van der Waals surface area contributed by atoms with E-state index in [4.69, 9.17) is 13.9 Å². The number of amides is 1. The van der Waals surface area contributed by atoms with E-state index in [1.54, 1.807) is 36.5 Å². The van der Waals surface area contributed by atoms with Crippen molar-refractivity contribution in [1.82, 2.24) is 25.5 Å². The minimum absolute atomic E-state index is 0.00466. The molecule has 3 aromatic heterocycles. The van der Waals surface area contributed by atoms with Gasteiger partial charge in [-0.1, -0.05) is 0 Å². The van der Waals surface area contributed by atoms with Crippen molar-refractivity contribution in [1.29, 1.82) is 0 Å². The summed E-state index contributed by atoms with van der Waals surface area (Å²) in [6, 6.07) is 8.25. The van der Waals surface area contributed by atoms with Crippen molar-refractivity contribution in [3.05, 3.63) is 54.5 Å². The summed E-state index contributed by atoms with van der Waals surface area (Å²) in [6.07, 6.45) is 4.37. The zero-order chi connectivity index (χ0) is 23.7. The molecular formula is C23H21F2N5O4. The van der Waals surface area contributed by atoms with Crippen LogP contribution in [0, 0.1) is 5.92 Å². The van der Waals surface area contributed by atoms with Gasteiger partial charge in [-0.3, -0.25) is 9.89 Å². The lowest BCUT2D eigenvalue weighted by Crippen LogP contribution is -2.36. The van der Waals surface area contributed by atoms with E-state index in [-0.39, 0.29) is 31.6 Å². The van der Waals surface area contributed by atoms with Crippen LogP contribution in [0.3, 0.4) is 0 Å². The number of oxazole rings is 1. The maximum atomic E-state index is 13.0. The van der Waals surface area contributed by atoms with Crippen LogP contribution in [0.1, 0.15) is 23.7 Å². The molecule has 1 aromatic carbocycles. The number of aromatic nitrogens is 4. The van der Waals surface area contributed by atoms with Crippen LogP contribution in [0.5, 0.6) is 11.6 Å². The predicted octanol–water partition coefficient (Wildman–Crippen LogP) is 3.84. The molecule has 2 atom stereocenters. The summed E-state index contributed by atoms with van der Waals surface area (Å²) in [4.78, 5) is 20.7. The van der Waals surface area contributed by atoms with Crippen LogP contribution in [0.2, 0.25) is 0 Å². The number of pyridine rings is 1. The first-order chi connectivity index (χ1) is 16.4. The van der Waals surface area contributed by atoms with E-state index < -0.39 is 11.8 Å². The average Bonchev–Trinajstić information content (AvgIpc) is 3.24. The number of nitrogens with zero attached hydrogens (tertiary/aromatic N) is 3. The number of fused-ring (bicyclic) bond motifs is 1. The van der Waals surface area contributed by atoms with Crippen LogP contribution >= 0.6 is 0 Å². The first kappa shape index (κ1) is 21.8. The molecule has 4 aromatic rings. The highest BCUT2D eigenvalue weighted by molar-refractivity contribution is 5.93. The third-order valence-corrected chi connectivity index (χ3v) is 5.38. The van der Waals surface area contributed by atoms with Crippen molar-refractivity contribution in [2.24, 2.45) is 5.92 Å². The van der Waals surface area contributed by atoms with Crippen molar-refractivity contribution >= 4 is 17.0 Å². The molecular weight excluding hydrogens is 448 g/mol. The lowest BCUT2D eigenvalue weighted by Gasteiger charge is -2.13. The third-order valence-electron chi connectivity index (χ3n) is 5.38. The summed E-state index contributed by atoms with van der Waals surface area (Å²) < 4.78 is 42.9. The molecule has 2 N–H and O–H groups in total. The molecule has 1 aliphatic rings. The molecule has 11 heteroatoms. The number of carbonyl (C=O) groups is 1. The SMILES string of the molecule is C[C@@H](COc1cc2oc(-c3ccc(OCC4CC4(F)F)cc3)nc2cn1)NC(=O)c1cn[nH]c1. The first-order valence-electron chi connectivity index (χ1n) is 10.7. The highest BCUT2D eigenvalue weighted by Crippen LogP contribution is 2.48. The molecule has 0 radical (unpaired) electrons. The van der Waals surface area contributed by atoms with E-state index in [0.717, 1.165) is 0 Å². The van der Waals surface area contributed by atoms with Gasteiger partial charge in [0.2, 0.25) is 11.8 Å². The maximum Gasteiger partial charge on any atom is 0.255 e. The molecule has 1 amide bonds. The van der Waals surface area contributed by atoms with Gasteiger partial charge < -0.3 is 19.2 Å². The zero-order valence-electron chi connectivity index (χ0n) is 18.1. The molecule has 9 nitrogen and oxygen atoms in total. The van der Waals surface area contributed by atoms with E-state index in [2.05, 4.69) is 25.5 Å². The minimum atomic E-state index is -2.60. The molecule has 0 bridgehead atoms. The summed E-state index contributed by atoms with van der Waals surface area (Å²) >= 11 is 0. The van der Waals surface area contributed by atoms with E-state index in [0.29, 0.717) is 39.7 Å². The quantitative estimate of drug-likeness (QED) is 0.383. The topological polar surface area (TPSA) is 115 Å². The van der Waals surface area contributed by atoms with E-state index >= 15 is 0 Å². The van der Waals surface area contributed by atoms with Crippen molar-refractivity contribution in [3.8, 4) is 23.1 Å². The van der Waals surface area contributed by atoms with E-state index in [9.17, 15) is 13.6 Å². The Labute approximate surface area is 192 Å². The molecule has 0 saturated heterocycles. The fourth-order valence-electron chi connectivity index (χ4n) is 3.29. The number of alkyl halides is 2. The van der Waals surface area contributed by atoms with Crippen LogP contribution in [-0.4, -0.2) is 51.3 Å². The van der Waals surface area contributed by atoms with Gasteiger partial charge in [-0.2, -0.15) is 5.10 Å². The van der Waals surface area contributed by atoms with E-state index in [1.165, 1.54) is 12.4 Å². The molecule has 0 spiro atoms. The lowest BCUT2D eigenvalue weighted by molar-refractivity contribution is 0.0855. The second-order valence-corrected chi connectivity index (χ2v) is 8.18. The van der Waals surface area contributed by atoms with Gasteiger partial charge in [0.1, 0.15) is 17.9 Å². The number of halogens is 2. The van der Waals surface area contributed by atoms with Crippen molar-refractivity contribution in [2.75, 3.05) is 13.2 Å². The Balaban J connectivity index is 1.18. The first-order valence-corrected chi connectivity index (χ1v) is 10.7. The van der Waals surface area contributed by atoms with Gasteiger partial charge >= 0.3 is 0 Å². The number of H-pyrrole nitrogens is 1. The van der Waals surface area contributed by atoms with E-state index in [1.807, 2.05) is 6.92 Å². The maximum absolute atomic E-state index is 13.0. The zero-order valence-corrected chi connectivity index (χ0v) is 18.1. The summed E-state index contributed by atoms with van der Waals surface area (Å²) in [5.74, 6) is -2.33. The van der Waals surface area contributed by atoms with Crippen molar-refractivity contribution in [2.45, 2.75) is 25.3 Å². The Morgan fingerprint density at radius 1 is 1.29 bits per heavy atom. The number of ether oxygens (including phenoxy) is 2. The fraction of sp³-hybridized carbons (Fsp3) is 0.304. The molecule has 1 saturated carbocycles. The molecule has 176 valence electrons. The normalized spacial score (nSPS) is 17.3. The van der Waals surface area contributed by atoms with Crippen LogP contribution in [0.4, 0.5) is 8.78 Å². The van der Waals surface area contributed by atoms with Crippen LogP contribution < -0.4 is 14.8 Å². The summed E-state index contributed by atoms with van der Waals surface area (Å²) in [5.41, 5.74) is 2.19. The van der Waals surface area contributed by atoms with Gasteiger partial charge in [0.15, 0.2) is 5.58 Å². The van der Waals surface area contributed by atoms with Gasteiger partial charge in [0.25, 0.3) is 11.8 Å². The monoisotopic (exact) mass is 469 g/mol. The van der Waals surface area contributed by atoms with Gasteiger partial charge in [-0.25, -0.2) is 18.7 Å². The number of hydrogen-bond acceptors (Lipinski definition) is 7. The smallest absolute Gasteiger partial charge is 0.255 e. The predicted molar refractivity (Wildman–Crippen MR) is 117 cm³/mol. The van der Waals surface area contributed by atoms with Gasteiger partial charge in [0.05, 0.1) is 36.5 Å². The van der Waals surface area contributed by atoms with Gasteiger partial charge in [-0.05, 0) is 31.2 Å². The standard InChI is InChI=1S/C23H21F2N5O4/c1-13(29-21(31)15-8-27-28-9-15)11-33-20-6-19-18(10-26-20)30-22(34-19)14-2-4-17(5-3-14)32-12-16-7-23(16,24)25/h2-6,8-10,13,16H,7,11-12H2,1H3,(H,27,28)(H,29,31)/t13-,16?/m0/s1. The molecule has 5 rings (SSSR count). The van der Waals surface area contributed by atoms with Crippen molar-refractivity contribution in [3.63, 3.8) is 0 Å². The number of hydrogen-bond donors (Lipinski definition) is 2. The Hall–Kier alpha value is -4.02. The number of nitrogens with one attached hydrogen (secondary N) is 2. The van der Waals surface area contributed by atoms with Gasteiger partial charge in [-0.15, -0.1) is 0 Å². The third kappa shape index (κ3) is 4.82. The second kappa shape index (κ2) is 8.73. The Morgan fingerprint density at radius 3 is 2.79 bits per heavy atom. The molecule has 1 fully saturated rings. The van der Waals surface area contributed by atoms with Crippen LogP contribution in [0.25, 0.3) is 22.6 Å². The Bertz CT molecular complexity index is 1290. The second-order valence-electron chi connectivity index (χ2n) is 8.18. The van der Waals surface area contributed by atoms with Crippen molar-refractivity contribution < 1.29 is 27.5 Å². The van der Waals surface area contributed by atoms with Crippen LogP contribution in [-0.2, 0) is 0 Å². The number of aromatic amines is 1. The number of benzene rings is 1. The molecule has 34 heavy (non-hydrogen) atoms. The number of rotatable bonds is 9. The number of carbonyl (C=O) groups excluding carboxylic acids is 1. The average molecular weight is 469 g/mol. The molecule has 3 heterocycles. The van der Waals surface area contributed by atoms with Crippen LogP contribution in [0.15, 0.2) is 53.3 Å². The highest BCUT2D eigenvalue weighted by Gasteiger charge is 2.57. The fourth-order valence-corrected chi connectivity index (χ4v) is 3.29. The Kier molecular flexibility index (Phi) is 5.60.